The van der Waals surface area contributed by atoms with E-state index in [1.54, 1.807) is 12.1 Å². The van der Waals surface area contributed by atoms with Crippen molar-refractivity contribution in [3.8, 4) is 17.2 Å². The molecule has 0 radical (unpaired) electrons. The minimum absolute atomic E-state index is 0.116. The van der Waals surface area contributed by atoms with E-state index >= 15 is 0 Å². The second kappa shape index (κ2) is 7.81. The molecule has 0 aliphatic carbocycles. The molecule has 146 valence electrons. The van der Waals surface area contributed by atoms with Crippen LogP contribution in [0.4, 0.5) is 6.01 Å². The van der Waals surface area contributed by atoms with Crippen LogP contribution in [0.1, 0.15) is 11.1 Å². The summed E-state index contributed by atoms with van der Waals surface area (Å²) in [6.45, 7) is 4.49. The average Bonchev–Trinajstić information content (AvgIpc) is 3.10. The highest BCUT2D eigenvalue weighted by Gasteiger charge is 2.32. The van der Waals surface area contributed by atoms with Crippen molar-refractivity contribution in [1.29, 1.82) is 0 Å². The summed E-state index contributed by atoms with van der Waals surface area (Å²) < 4.78 is 11.9. The van der Waals surface area contributed by atoms with Crippen molar-refractivity contribution in [2.45, 2.75) is 19.6 Å². The van der Waals surface area contributed by atoms with E-state index in [1.165, 1.54) is 11.1 Å². The molecule has 28 heavy (non-hydrogen) atoms. The second-order valence-electron chi connectivity index (χ2n) is 7.37. The lowest BCUT2D eigenvalue weighted by molar-refractivity contribution is 0.162. The zero-order valence-electron chi connectivity index (χ0n) is 16.2. The number of hydrogen-bond donors (Lipinski definition) is 0. The maximum atomic E-state index is 6.09. The molecular weight excluding hydrogens is 376 g/mol. The summed E-state index contributed by atoms with van der Waals surface area (Å²) in [7, 11) is 4.14. The number of benzene rings is 2. The summed E-state index contributed by atoms with van der Waals surface area (Å²) in [6.07, 6.45) is 0.116. The Hall–Kier alpha value is -2.57. The summed E-state index contributed by atoms with van der Waals surface area (Å²) in [5.41, 5.74) is 3.41. The van der Waals surface area contributed by atoms with Crippen LogP contribution in [-0.4, -0.2) is 48.4 Å². The van der Waals surface area contributed by atoms with E-state index in [0.717, 1.165) is 30.9 Å². The molecule has 1 saturated heterocycles. The maximum absolute atomic E-state index is 6.09. The highest BCUT2D eigenvalue weighted by atomic mass is 35.5. The topological polar surface area (TPSA) is 54.6 Å². The van der Waals surface area contributed by atoms with Gasteiger partial charge in [-0.05, 0) is 68.5 Å². The van der Waals surface area contributed by atoms with E-state index in [-0.39, 0.29) is 6.10 Å². The van der Waals surface area contributed by atoms with Crippen molar-refractivity contribution >= 4 is 17.6 Å². The minimum atomic E-state index is 0.116. The summed E-state index contributed by atoms with van der Waals surface area (Å²) in [5.74, 6) is 1.39. The van der Waals surface area contributed by atoms with Gasteiger partial charge in [0, 0.05) is 17.1 Å². The summed E-state index contributed by atoms with van der Waals surface area (Å²) in [5, 5.41) is 8.95. The molecule has 0 N–H and O–H groups in total. The van der Waals surface area contributed by atoms with Crippen molar-refractivity contribution < 1.29 is 9.15 Å². The van der Waals surface area contributed by atoms with Gasteiger partial charge in [0.2, 0.25) is 5.89 Å². The number of aromatic nitrogens is 2. The van der Waals surface area contributed by atoms with Gasteiger partial charge in [-0.25, -0.2) is 0 Å². The van der Waals surface area contributed by atoms with Gasteiger partial charge in [0.15, 0.2) is 0 Å². The molecule has 0 saturated carbocycles. The Morgan fingerprint density at radius 2 is 1.89 bits per heavy atom. The molecular formula is C21H23ClN4O2. The molecule has 0 atom stereocenters. The number of rotatable bonds is 6. The molecule has 1 fully saturated rings. The second-order valence-corrected chi connectivity index (χ2v) is 7.80. The molecule has 2 aromatic carbocycles. The standard InChI is InChI=1S/C21H23ClN4O2/c1-14-10-18(9-6-16(14)11-25(2)3)27-19-12-26(13-19)21-24-23-20(28-21)15-4-7-17(22)8-5-15/h4-10,19H,11-13H2,1-3H3. The Labute approximate surface area is 169 Å². The molecule has 6 nitrogen and oxygen atoms in total. The quantitative estimate of drug-likeness (QED) is 0.625. The summed E-state index contributed by atoms with van der Waals surface area (Å²) >= 11 is 5.92. The van der Waals surface area contributed by atoms with Gasteiger partial charge in [0.1, 0.15) is 11.9 Å². The fourth-order valence-corrected chi connectivity index (χ4v) is 3.30. The highest BCUT2D eigenvalue weighted by molar-refractivity contribution is 6.30. The first-order valence-corrected chi connectivity index (χ1v) is 9.61. The van der Waals surface area contributed by atoms with Crippen molar-refractivity contribution in [2.24, 2.45) is 0 Å². The van der Waals surface area contributed by atoms with E-state index < -0.39 is 0 Å². The number of halogens is 1. The lowest BCUT2D eigenvalue weighted by Gasteiger charge is -2.37. The van der Waals surface area contributed by atoms with Gasteiger partial charge >= 0.3 is 6.01 Å². The van der Waals surface area contributed by atoms with Gasteiger partial charge in [0.25, 0.3) is 0 Å². The highest BCUT2D eigenvalue weighted by Crippen LogP contribution is 2.28. The molecule has 1 aliphatic heterocycles. The van der Waals surface area contributed by atoms with E-state index in [9.17, 15) is 0 Å². The first-order valence-electron chi connectivity index (χ1n) is 9.23. The molecule has 1 aromatic heterocycles. The lowest BCUT2D eigenvalue weighted by Crippen LogP contribution is -2.54. The molecule has 0 bridgehead atoms. The molecule has 4 rings (SSSR count). The smallest absolute Gasteiger partial charge is 0.318 e. The normalized spacial score (nSPS) is 14.4. The molecule has 1 aliphatic rings. The van der Waals surface area contributed by atoms with Gasteiger partial charge in [0.05, 0.1) is 13.1 Å². The van der Waals surface area contributed by atoms with Crippen LogP contribution in [0.25, 0.3) is 11.5 Å². The van der Waals surface area contributed by atoms with Crippen LogP contribution < -0.4 is 9.64 Å². The summed E-state index contributed by atoms with van der Waals surface area (Å²) in [4.78, 5) is 4.18. The van der Waals surface area contributed by atoms with Gasteiger partial charge in [-0.1, -0.05) is 22.8 Å². The fraction of sp³-hybridized carbons (Fsp3) is 0.333. The Morgan fingerprint density at radius 3 is 2.57 bits per heavy atom. The zero-order valence-corrected chi connectivity index (χ0v) is 17.0. The monoisotopic (exact) mass is 398 g/mol. The van der Waals surface area contributed by atoms with Crippen molar-refractivity contribution in [3.63, 3.8) is 0 Å². The third-order valence-corrected chi connectivity index (χ3v) is 4.98. The van der Waals surface area contributed by atoms with Crippen LogP contribution in [0.3, 0.4) is 0 Å². The van der Waals surface area contributed by atoms with Crippen LogP contribution in [0.15, 0.2) is 46.9 Å². The SMILES string of the molecule is Cc1cc(OC2CN(c3nnc(-c4ccc(Cl)cc4)o3)C2)ccc1CN(C)C. The van der Waals surface area contributed by atoms with Crippen LogP contribution in [0.5, 0.6) is 5.75 Å². The largest absolute Gasteiger partial charge is 0.487 e. The number of hydrogen-bond acceptors (Lipinski definition) is 6. The number of aryl methyl sites for hydroxylation is 1. The van der Waals surface area contributed by atoms with Crippen LogP contribution in [0.2, 0.25) is 5.02 Å². The molecule has 7 heteroatoms. The predicted octanol–water partition coefficient (Wildman–Crippen LogP) is 4.03. The lowest BCUT2D eigenvalue weighted by atomic mass is 10.1. The van der Waals surface area contributed by atoms with Crippen LogP contribution in [-0.2, 0) is 6.54 Å². The predicted molar refractivity (Wildman–Crippen MR) is 110 cm³/mol. The minimum Gasteiger partial charge on any atom is -0.487 e. The molecule has 3 aromatic rings. The van der Waals surface area contributed by atoms with Crippen LogP contribution >= 0.6 is 11.6 Å². The number of ether oxygens (including phenoxy) is 1. The fourth-order valence-electron chi connectivity index (χ4n) is 3.17. The third-order valence-electron chi connectivity index (χ3n) is 4.73. The van der Waals surface area contributed by atoms with Crippen molar-refractivity contribution in [2.75, 3.05) is 32.1 Å². The molecule has 0 amide bonds. The Bertz CT molecular complexity index is 949. The Morgan fingerprint density at radius 1 is 1.14 bits per heavy atom. The summed E-state index contributed by atoms with van der Waals surface area (Å²) in [6, 6.07) is 14.1. The molecule has 0 spiro atoms. The Balaban J connectivity index is 1.34. The van der Waals surface area contributed by atoms with Crippen LogP contribution in [0, 0.1) is 6.92 Å². The first-order chi connectivity index (χ1) is 13.5. The van der Waals surface area contributed by atoms with Crippen molar-refractivity contribution in [3.05, 3.63) is 58.6 Å². The van der Waals surface area contributed by atoms with Gasteiger partial charge < -0.3 is 19.0 Å². The van der Waals surface area contributed by atoms with Gasteiger partial charge in [-0.15, -0.1) is 5.10 Å². The van der Waals surface area contributed by atoms with E-state index in [4.69, 9.17) is 20.8 Å². The first kappa shape index (κ1) is 18.8. The average molecular weight is 399 g/mol. The van der Waals surface area contributed by atoms with Gasteiger partial charge in [-0.3, -0.25) is 0 Å². The van der Waals surface area contributed by atoms with E-state index in [1.807, 2.05) is 23.1 Å². The van der Waals surface area contributed by atoms with Gasteiger partial charge in [-0.2, -0.15) is 0 Å². The molecule has 0 unspecified atom stereocenters. The third kappa shape index (κ3) is 4.13. The molecule has 2 heterocycles. The van der Waals surface area contributed by atoms with E-state index in [2.05, 4.69) is 48.2 Å². The Kier molecular flexibility index (Phi) is 5.24. The number of nitrogens with zero attached hydrogens (tertiary/aromatic N) is 4. The van der Waals surface area contributed by atoms with E-state index in [0.29, 0.717) is 16.9 Å². The zero-order chi connectivity index (χ0) is 19.7. The maximum Gasteiger partial charge on any atom is 0.318 e. The van der Waals surface area contributed by atoms with Crippen molar-refractivity contribution in [1.82, 2.24) is 15.1 Å². The number of anilines is 1.